The van der Waals surface area contributed by atoms with E-state index >= 15 is 0 Å². The number of hydrogen-bond acceptors (Lipinski definition) is 7. The minimum Gasteiger partial charge on any atom is -0.358 e. The van der Waals surface area contributed by atoms with E-state index in [1.165, 1.54) is 21.6 Å². The lowest BCUT2D eigenvalue weighted by atomic mass is 10.1. The first-order valence-corrected chi connectivity index (χ1v) is 9.47. The van der Waals surface area contributed by atoms with Gasteiger partial charge in [0.25, 0.3) is 5.91 Å². The van der Waals surface area contributed by atoms with Crippen molar-refractivity contribution in [3.8, 4) is 0 Å². The van der Waals surface area contributed by atoms with Gasteiger partial charge in [-0.25, -0.2) is 0 Å². The van der Waals surface area contributed by atoms with Gasteiger partial charge in [-0.15, -0.1) is 0 Å². The molecule has 0 fully saturated rings. The molecule has 0 atom stereocenters. The number of carbonyl (C=O) groups is 1. The Kier molecular flexibility index (Phi) is 6.20. The summed E-state index contributed by atoms with van der Waals surface area (Å²) in [6.07, 6.45) is 1.50. The molecular weight excluding hydrogens is 462 g/mol. The lowest BCUT2D eigenvalue weighted by Gasteiger charge is -2.06. The summed E-state index contributed by atoms with van der Waals surface area (Å²) >= 11 is 3.10. The molecule has 30 heavy (non-hydrogen) atoms. The van der Waals surface area contributed by atoms with Gasteiger partial charge in [0.05, 0.1) is 41.2 Å². The maximum absolute atomic E-state index is 12.4. The van der Waals surface area contributed by atoms with Crippen molar-refractivity contribution in [2.45, 2.75) is 20.0 Å². The molecule has 2 aromatic heterocycles. The summed E-state index contributed by atoms with van der Waals surface area (Å²) in [7, 11) is 0. The average molecular weight is 478 g/mol. The van der Waals surface area contributed by atoms with Crippen LogP contribution in [0.1, 0.15) is 21.6 Å². The van der Waals surface area contributed by atoms with E-state index in [0.29, 0.717) is 11.3 Å². The van der Waals surface area contributed by atoms with Gasteiger partial charge in [0.15, 0.2) is 0 Å². The molecule has 0 bridgehead atoms. The van der Waals surface area contributed by atoms with E-state index in [4.69, 9.17) is 0 Å². The van der Waals surface area contributed by atoms with Crippen molar-refractivity contribution in [3.63, 3.8) is 0 Å². The smallest absolute Gasteiger partial charge is 0.358 e. The third-order valence-electron chi connectivity index (χ3n) is 4.17. The van der Waals surface area contributed by atoms with Gasteiger partial charge in [0, 0.05) is 12.1 Å². The van der Waals surface area contributed by atoms with Gasteiger partial charge in [-0.1, -0.05) is 12.1 Å². The second-order valence-corrected chi connectivity index (χ2v) is 7.19. The van der Waals surface area contributed by atoms with E-state index in [2.05, 4.69) is 31.4 Å². The SMILES string of the molecule is Cc1cc([N+](=O)[O-])nn1CCNC(=O)c1cccc(Cn2cc(Br)c([N+](=O)[O-])n2)c1. The third kappa shape index (κ3) is 4.86. The quantitative estimate of drug-likeness (QED) is 0.386. The monoisotopic (exact) mass is 477 g/mol. The molecule has 1 aromatic carbocycles. The van der Waals surface area contributed by atoms with Crippen LogP contribution in [0.5, 0.6) is 0 Å². The highest BCUT2D eigenvalue weighted by Gasteiger charge is 2.19. The van der Waals surface area contributed by atoms with E-state index in [-0.39, 0.29) is 41.6 Å². The zero-order chi connectivity index (χ0) is 21.8. The Hall–Kier alpha value is -3.61. The van der Waals surface area contributed by atoms with Crippen LogP contribution in [0.25, 0.3) is 0 Å². The second kappa shape index (κ2) is 8.82. The van der Waals surface area contributed by atoms with E-state index in [0.717, 1.165) is 5.56 Å². The summed E-state index contributed by atoms with van der Waals surface area (Å²) in [6, 6.07) is 8.16. The van der Waals surface area contributed by atoms with Crippen LogP contribution in [0.3, 0.4) is 0 Å². The number of nitrogens with zero attached hydrogens (tertiary/aromatic N) is 6. The maximum Gasteiger partial charge on any atom is 0.404 e. The highest BCUT2D eigenvalue weighted by Crippen LogP contribution is 2.22. The molecule has 1 amide bonds. The molecule has 156 valence electrons. The van der Waals surface area contributed by atoms with Crippen molar-refractivity contribution in [1.82, 2.24) is 24.9 Å². The molecule has 13 heteroatoms. The Bertz CT molecular complexity index is 1120. The van der Waals surface area contributed by atoms with Crippen molar-refractivity contribution in [2.24, 2.45) is 0 Å². The summed E-state index contributed by atoms with van der Waals surface area (Å²) in [5, 5.41) is 32.2. The fourth-order valence-corrected chi connectivity index (χ4v) is 3.24. The van der Waals surface area contributed by atoms with Crippen LogP contribution in [0.15, 0.2) is 41.0 Å². The highest BCUT2D eigenvalue weighted by atomic mass is 79.9. The molecule has 12 nitrogen and oxygen atoms in total. The zero-order valence-electron chi connectivity index (χ0n) is 15.7. The predicted molar refractivity (Wildman–Crippen MR) is 108 cm³/mol. The van der Waals surface area contributed by atoms with Gasteiger partial charge in [0.1, 0.15) is 4.47 Å². The third-order valence-corrected chi connectivity index (χ3v) is 4.73. The van der Waals surface area contributed by atoms with Gasteiger partial charge in [0.2, 0.25) is 0 Å². The van der Waals surface area contributed by atoms with Crippen LogP contribution in [0, 0.1) is 27.2 Å². The molecule has 2 heterocycles. The fourth-order valence-electron chi connectivity index (χ4n) is 2.78. The van der Waals surface area contributed by atoms with Gasteiger partial charge >= 0.3 is 11.6 Å². The Labute approximate surface area is 177 Å². The molecule has 1 N–H and O–H groups in total. The Morgan fingerprint density at radius 2 is 1.97 bits per heavy atom. The summed E-state index contributed by atoms with van der Waals surface area (Å²) in [5.41, 5.74) is 1.78. The normalized spacial score (nSPS) is 10.7. The number of halogens is 1. The first-order chi connectivity index (χ1) is 14.2. The first kappa shape index (κ1) is 21.1. The fraction of sp³-hybridized carbons (Fsp3) is 0.235. The summed E-state index contributed by atoms with van der Waals surface area (Å²) in [6.45, 7) is 2.48. The van der Waals surface area contributed by atoms with Crippen molar-refractivity contribution >= 4 is 33.5 Å². The van der Waals surface area contributed by atoms with Gasteiger partial charge in [-0.05, 0) is 50.4 Å². The van der Waals surface area contributed by atoms with Crippen LogP contribution in [-0.2, 0) is 13.1 Å². The van der Waals surface area contributed by atoms with Crippen LogP contribution in [-0.4, -0.2) is 41.9 Å². The van der Waals surface area contributed by atoms with E-state index < -0.39 is 9.85 Å². The number of aryl methyl sites for hydroxylation is 1. The number of amides is 1. The Morgan fingerprint density at radius 1 is 1.20 bits per heavy atom. The standard InChI is InChI=1S/C17H16BrN7O5/c1-11-7-15(24(27)28)20-23(11)6-5-19-17(26)13-4-2-3-12(8-13)9-22-10-14(18)16(21-22)25(29)30/h2-4,7-8,10H,5-6,9H2,1H3,(H,19,26). The minimum absolute atomic E-state index is 0.237. The molecule has 3 aromatic rings. The Balaban J connectivity index is 1.61. The van der Waals surface area contributed by atoms with Crippen LogP contribution in [0.2, 0.25) is 0 Å². The van der Waals surface area contributed by atoms with E-state index in [1.54, 1.807) is 31.2 Å². The number of carbonyl (C=O) groups excluding carboxylic acids is 1. The minimum atomic E-state index is -0.583. The summed E-state index contributed by atoms with van der Waals surface area (Å²) in [4.78, 5) is 32.9. The molecule has 0 saturated carbocycles. The summed E-state index contributed by atoms with van der Waals surface area (Å²) in [5.74, 6) is -0.834. The number of aromatic nitrogens is 4. The Morgan fingerprint density at radius 3 is 2.60 bits per heavy atom. The van der Waals surface area contributed by atoms with Crippen molar-refractivity contribution in [2.75, 3.05) is 6.54 Å². The van der Waals surface area contributed by atoms with E-state index in [9.17, 15) is 25.0 Å². The van der Waals surface area contributed by atoms with Gasteiger partial charge < -0.3 is 25.5 Å². The molecular formula is C17H16BrN7O5. The van der Waals surface area contributed by atoms with Crippen molar-refractivity contribution < 1.29 is 14.6 Å². The van der Waals surface area contributed by atoms with E-state index in [1.807, 2.05) is 0 Å². The zero-order valence-corrected chi connectivity index (χ0v) is 17.3. The largest absolute Gasteiger partial charge is 0.404 e. The maximum atomic E-state index is 12.4. The molecule has 0 aliphatic rings. The number of nitro groups is 2. The topological polar surface area (TPSA) is 151 Å². The number of rotatable bonds is 8. The first-order valence-electron chi connectivity index (χ1n) is 8.68. The number of benzene rings is 1. The molecule has 0 saturated heterocycles. The van der Waals surface area contributed by atoms with Crippen LogP contribution >= 0.6 is 15.9 Å². The van der Waals surface area contributed by atoms with Gasteiger partial charge in [-0.2, -0.15) is 9.36 Å². The molecule has 0 unspecified atom stereocenters. The summed E-state index contributed by atoms with van der Waals surface area (Å²) < 4.78 is 3.14. The molecule has 3 rings (SSSR count). The predicted octanol–water partition coefficient (Wildman–Crippen LogP) is 2.45. The number of nitrogens with one attached hydrogen (secondary N) is 1. The van der Waals surface area contributed by atoms with Crippen molar-refractivity contribution in [3.05, 3.63) is 78.1 Å². The highest BCUT2D eigenvalue weighted by molar-refractivity contribution is 9.10. The van der Waals surface area contributed by atoms with Crippen molar-refractivity contribution in [1.29, 1.82) is 0 Å². The average Bonchev–Trinajstić information content (AvgIpc) is 3.24. The second-order valence-electron chi connectivity index (χ2n) is 6.34. The molecule has 0 aliphatic carbocycles. The molecule has 0 aliphatic heterocycles. The lowest BCUT2D eigenvalue weighted by Crippen LogP contribution is -2.27. The van der Waals surface area contributed by atoms with Crippen LogP contribution < -0.4 is 5.32 Å². The number of hydrogen-bond donors (Lipinski definition) is 1. The van der Waals surface area contributed by atoms with Crippen LogP contribution in [0.4, 0.5) is 11.6 Å². The van der Waals surface area contributed by atoms with Gasteiger partial charge in [-0.3, -0.25) is 4.79 Å². The molecule has 0 radical (unpaired) electrons. The molecule has 0 spiro atoms. The lowest BCUT2D eigenvalue weighted by molar-refractivity contribution is -0.390.